The van der Waals surface area contributed by atoms with Crippen molar-refractivity contribution in [1.29, 1.82) is 0 Å². The van der Waals surface area contributed by atoms with Gasteiger partial charge in [0.15, 0.2) is 0 Å². The number of rotatable bonds is 2. The fourth-order valence-corrected chi connectivity index (χ4v) is 10.9. The molecule has 0 radical (unpaired) electrons. The Morgan fingerprint density at radius 2 is 0.593 bits per heavy atom. The summed E-state index contributed by atoms with van der Waals surface area (Å²) < 4.78 is 0. The highest BCUT2D eigenvalue weighted by atomic mass is 15.2. The van der Waals surface area contributed by atoms with Gasteiger partial charge in [-0.15, -0.1) is 0 Å². The van der Waals surface area contributed by atoms with Crippen LogP contribution in [-0.2, 0) is 0 Å². The average Bonchev–Trinajstić information content (AvgIpc) is 3.29. The van der Waals surface area contributed by atoms with E-state index in [9.17, 15) is 0 Å². The van der Waals surface area contributed by atoms with Crippen molar-refractivity contribution in [1.82, 2.24) is 0 Å². The quantitative estimate of drug-likeness (QED) is 0.128. The summed E-state index contributed by atoms with van der Waals surface area (Å²) in [7, 11) is 0. The van der Waals surface area contributed by atoms with Gasteiger partial charge in [0, 0.05) is 33.5 Å². The first kappa shape index (κ1) is 32.7. The Balaban J connectivity index is 1.16. The molecule has 0 amide bonds. The van der Waals surface area contributed by atoms with E-state index in [2.05, 4.69) is 212 Å². The topological polar surface area (TPSA) is 6.48 Å². The first-order valence-electron chi connectivity index (χ1n) is 20.7. The van der Waals surface area contributed by atoms with E-state index >= 15 is 0 Å². The summed E-state index contributed by atoms with van der Waals surface area (Å²) in [6.45, 7) is 4.53. The third kappa shape index (κ3) is 4.42. The molecule has 0 atom stereocenters. The molecule has 0 aromatic heterocycles. The van der Waals surface area contributed by atoms with Gasteiger partial charge in [-0.25, -0.2) is 0 Å². The molecule has 2 heterocycles. The number of benzene rings is 11. The van der Waals surface area contributed by atoms with Crippen LogP contribution in [0.1, 0.15) is 11.1 Å². The predicted molar refractivity (Wildman–Crippen MR) is 255 cm³/mol. The van der Waals surface area contributed by atoms with Gasteiger partial charge in [0.05, 0.1) is 11.4 Å². The van der Waals surface area contributed by atoms with Gasteiger partial charge in [-0.1, -0.05) is 163 Å². The second kappa shape index (κ2) is 12.1. The third-order valence-corrected chi connectivity index (χ3v) is 13.3. The fourth-order valence-electron chi connectivity index (χ4n) is 10.9. The molecular formula is C56H37BN2. The molecule has 0 saturated heterocycles. The first-order valence-corrected chi connectivity index (χ1v) is 20.7. The van der Waals surface area contributed by atoms with Crippen molar-refractivity contribution < 1.29 is 0 Å². The van der Waals surface area contributed by atoms with E-state index in [1.807, 2.05) is 0 Å². The Hall–Kier alpha value is -7.36. The molecule has 0 unspecified atom stereocenters. The van der Waals surface area contributed by atoms with E-state index in [0.717, 1.165) is 0 Å². The second-order valence-electron chi connectivity index (χ2n) is 16.5. The number of aryl methyl sites for hydroxylation is 2. The summed E-state index contributed by atoms with van der Waals surface area (Å²) in [5.41, 5.74) is 13.9. The van der Waals surface area contributed by atoms with Gasteiger partial charge in [0.25, 0.3) is 6.71 Å². The van der Waals surface area contributed by atoms with Crippen molar-refractivity contribution in [2.75, 3.05) is 9.80 Å². The average molecular weight is 749 g/mol. The molecule has 0 spiro atoms. The number of nitrogens with zero attached hydrogens (tertiary/aromatic N) is 2. The molecule has 274 valence electrons. The largest absolute Gasteiger partial charge is 0.311 e. The zero-order valence-corrected chi connectivity index (χ0v) is 32.9. The maximum atomic E-state index is 2.58. The minimum Gasteiger partial charge on any atom is -0.311 e. The lowest BCUT2D eigenvalue weighted by atomic mass is 9.33. The molecule has 11 aromatic carbocycles. The highest BCUT2D eigenvalue weighted by Gasteiger charge is 2.43. The Kier molecular flexibility index (Phi) is 6.70. The predicted octanol–water partition coefficient (Wildman–Crippen LogP) is 13.3. The number of hydrogen-bond donors (Lipinski definition) is 0. The monoisotopic (exact) mass is 748 g/mol. The van der Waals surface area contributed by atoms with Gasteiger partial charge in [-0.05, 0) is 120 Å². The number of fused-ring (bicyclic) bond motifs is 16. The van der Waals surface area contributed by atoms with Crippen molar-refractivity contribution in [3.05, 3.63) is 199 Å². The lowest BCUT2D eigenvalue weighted by Crippen LogP contribution is -2.61. The molecule has 11 aromatic rings. The van der Waals surface area contributed by atoms with Crippen LogP contribution in [0.5, 0.6) is 0 Å². The smallest absolute Gasteiger partial charge is 0.252 e. The Bertz CT molecular complexity index is 3300. The van der Waals surface area contributed by atoms with Gasteiger partial charge >= 0.3 is 0 Å². The first-order chi connectivity index (χ1) is 29.1. The van der Waals surface area contributed by atoms with E-state index < -0.39 is 0 Å². The van der Waals surface area contributed by atoms with Crippen molar-refractivity contribution in [2.45, 2.75) is 13.8 Å². The lowest BCUT2D eigenvalue weighted by molar-refractivity contribution is 1.26. The van der Waals surface area contributed by atoms with Crippen LogP contribution in [0.4, 0.5) is 34.1 Å². The van der Waals surface area contributed by atoms with Crippen LogP contribution in [0.15, 0.2) is 188 Å². The maximum Gasteiger partial charge on any atom is 0.252 e. The molecule has 59 heavy (non-hydrogen) atoms. The molecule has 2 aliphatic heterocycles. The molecule has 0 fully saturated rings. The summed E-state index contributed by atoms with van der Waals surface area (Å²) >= 11 is 0. The summed E-state index contributed by atoms with van der Waals surface area (Å²) in [6.07, 6.45) is 0. The minimum atomic E-state index is 0.0543. The van der Waals surface area contributed by atoms with Crippen LogP contribution in [0.2, 0.25) is 0 Å². The third-order valence-electron chi connectivity index (χ3n) is 13.3. The van der Waals surface area contributed by atoms with E-state index in [4.69, 9.17) is 0 Å². The zero-order valence-electron chi connectivity index (χ0n) is 32.9. The molecular weight excluding hydrogens is 711 g/mol. The van der Waals surface area contributed by atoms with Crippen LogP contribution in [0.3, 0.4) is 0 Å². The highest BCUT2D eigenvalue weighted by Crippen LogP contribution is 2.50. The summed E-state index contributed by atoms with van der Waals surface area (Å²) in [6, 6.07) is 70.8. The van der Waals surface area contributed by atoms with Crippen molar-refractivity contribution in [2.24, 2.45) is 0 Å². The summed E-state index contributed by atoms with van der Waals surface area (Å²) in [4.78, 5) is 5.16. The van der Waals surface area contributed by atoms with E-state index in [1.165, 1.54) is 126 Å². The lowest BCUT2D eigenvalue weighted by Gasteiger charge is -2.44. The van der Waals surface area contributed by atoms with E-state index in [-0.39, 0.29) is 6.71 Å². The Morgan fingerprint density at radius 1 is 0.288 bits per heavy atom. The van der Waals surface area contributed by atoms with Crippen molar-refractivity contribution >= 4 is 122 Å². The summed E-state index contributed by atoms with van der Waals surface area (Å²) in [5, 5.41) is 15.4. The van der Waals surface area contributed by atoms with Gasteiger partial charge < -0.3 is 9.80 Å². The molecule has 2 aliphatic rings. The molecule has 0 N–H and O–H groups in total. The van der Waals surface area contributed by atoms with E-state index in [0.29, 0.717) is 0 Å². The number of anilines is 6. The van der Waals surface area contributed by atoms with E-state index in [1.54, 1.807) is 0 Å². The highest BCUT2D eigenvalue weighted by molar-refractivity contribution is 7.00. The standard InChI is InChI=1S/C56H37BN2/c1-34-28-30-48-46(32-34)57-47-33-35(2)29-31-49(47)59(51-25-12-23-45-41-17-6-4-15-37(41)39-19-8-10-21-43(39)55(45)51)53-27-13-26-52(56(53)57)58(48)50-24-11-22-44-40-16-5-3-14-36(40)38-18-7-9-20-42(38)54(44)50/h3-33H,1-2H3. The van der Waals surface area contributed by atoms with Gasteiger partial charge in [-0.3, -0.25) is 0 Å². The van der Waals surface area contributed by atoms with Gasteiger partial charge in [-0.2, -0.15) is 0 Å². The van der Waals surface area contributed by atoms with Gasteiger partial charge in [0.2, 0.25) is 0 Å². The van der Waals surface area contributed by atoms with Crippen molar-refractivity contribution in [3.8, 4) is 0 Å². The maximum absolute atomic E-state index is 2.58. The summed E-state index contributed by atoms with van der Waals surface area (Å²) in [5.74, 6) is 0. The molecule has 0 bridgehead atoms. The van der Waals surface area contributed by atoms with Crippen LogP contribution >= 0.6 is 0 Å². The fraction of sp³-hybridized carbons (Fsp3) is 0.0357. The molecule has 0 aliphatic carbocycles. The van der Waals surface area contributed by atoms with Crippen LogP contribution in [0.25, 0.3) is 64.6 Å². The Labute approximate surface area is 343 Å². The van der Waals surface area contributed by atoms with Crippen LogP contribution in [0, 0.1) is 13.8 Å². The SMILES string of the molecule is Cc1ccc2c(c1)B1c3cc(C)ccc3N(c3cccc4c5ccccc5c5ccccc5c34)c3cccc(c31)N2c1cccc2c3ccccc3c3ccccc3c12. The second-order valence-corrected chi connectivity index (χ2v) is 16.5. The molecule has 3 heteroatoms. The Morgan fingerprint density at radius 3 is 0.983 bits per heavy atom. The molecule has 0 saturated carbocycles. The minimum absolute atomic E-state index is 0.0543. The van der Waals surface area contributed by atoms with Crippen molar-refractivity contribution in [3.63, 3.8) is 0 Å². The molecule has 13 rings (SSSR count). The molecule has 2 nitrogen and oxygen atoms in total. The van der Waals surface area contributed by atoms with Crippen LogP contribution in [-0.4, -0.2) is 6.71 Å². The normalized spacial score (nSPS) is 13.2. The number of hydrogen-bond acceptors (Lipinski definition) is 2. The van der Waals surface area contributed by atoms with Gasteiger partial charge in [0.1, 0.15) is 0 Å². The zero-order chi connectivity index (χ0) is 38.9. The van der Waals surface area contributed by atoms with Crippen LogP contribution < -0.4 is 26.2 Å².